The van der Waals surface area contributed by atoms with Gasteiger partial charge in [-0.25, -0.2) is 0 Å². The number of aryl methyl sites for hydroxylation is 1. The highest BCUT2D eigenvalue weighted by atomic mass is 16.5. The van der Waals surface area contributed by atoms with E-state index in [0.717, 1.165) is 5.56 Å². The Morgan fingerprint density at radius 1 is 1.20 bits per heavy atom. The Kier molecular flexibility index (Phi) is 5.47. The van der Waals surface area contributed by atoms with Gasteiger partial charge in [0.2, 0.25) is 17.6 Å². The van der Waals surface area contributed by atoms with Crippen LogP contribution in [0.4, 0.5) is 11.4 Å². The van der Waals surface area contributed by atoms with E-state index in [4.69, 9.17) is 9.26 Å². The van der Waals surface area contributed by atoms with Crippen LogP contribution in [0.1, 0.15) is 25.7 Å². The molecule has 0 saturated carbocycles. The predicted molar refractivity (Wildman–Crippen MR) is 111 cm³/mol. The molecule has 0 spiro atoms. The van der Waals surface area contributed by atoms with Crippen LogP contribution in [0.5, 0.6) is 5.75 Å². The summed E-state index contributed by atoms with van der Waals surface area (Å²) in [6.45, 7) is 1.71. The molecular formula is C22H22N4O4. The van der Waals surface area contributed by atoms with E-state index < -0.39 is 6.10 Å². The minimum absolute atomic E-state index is 0.125. The molecule has 1 atom stereocenters. The molecule has 0 aliphatic carbocycles. The van der Waals surface area contributed by atoms with Crippen molar-refractivity contribution < 1.29 is 18.8 Å². The Balaban J connectivity index is 1.31. The number of hydrogen-bond acceptors (Lipinski definition) is 6. The number of carbonyl (C=O) groups is 2. The van der Waals surface area contributed by atoms with Gasteiger partial charge in [0.25, 0.3) is 5.91 Å². The highest BCUT2D eigenvalue weighted by molar-refractivity contribution is 6.00. The fourth-order valence-electron chi connectivity index (χ4n) is 3.27. The molecule has 3 aromatic rings. The van der Waals surface area contributed by atoms with Gasteiger partial charge in [-0.2, -0.15) is 4.98 Å². The molecule has 0 fully saturated rings. The van der Waals surface area contributed by atoms with E-state index in [2.05, 4.69) is 15.5 Å². The van der Waals surface area contributed by atoms with E-state index in [-0.39, 0.29) is 11.8 Å². The number of fused-ring (bicyclic) bond motifs is 1. The van der Waals surface area contributed by atoms with Crippen molar-refractivity contribution in [2.75, 3.05) is 17.3 Å². The van der Waals surface area contributed by atoms with Crippen molar-refractivity contribution in [3.63, 3.8) is 0 Å². The number of rotatable bonds is 6. The lowest BCUT2D eigenvalue weighted by Gasteiger charge is -2.30. The van der Waals surface area contributed by atoms with Crippen molar-refractivity contribution in [2.24, 2.45) is 0 Å². The summed E-state index contributed by atoms with van der Waals surface area (Å²) in [6.07, 6.45) is 0.879. The summed E-state index contributed by atoms with van der Waals surface area (Å²) in [6, 6.07) is 14.8. The van der Waals surface area contributed by atoms with Crippen LogP contribution in [0.25, 0.3) is 11.4 Å². The van der Waals surface area contributed by atoms with Crippen LogP contribution in [0, 0.1) is 0 Å². The molecule has 2 amide bonds. The zero-order chi connectivity index (χ0) is 21.1. The van der Waals surface area contributed by atoms with E-state index in [1.807, 2.05) is 30.3 Å². The number of amides is 2. The number of nitrogens with one attached hydrogen (secondary N) is 1. The lowest BCUT2D eigenvalue weighted by Crippen LogP contribution is -2.41. The normalized spacial score (nSPS) is 15.5. The Hall–Kier alpha value is -3.68. The third-order valence-corrected chi connectivity index (χ3v) is 4.88. The van der Waals surface area contributed by atoms with Crippen LogP contribution in [0.15, 0.2) is 53.1 Å². The van der Waals surface area contributed by atoms with E-state index in [1.54, 1.807) is 37.1 Å². The van der Waals surface area contributed by atoms with E-state index >= 15 is 0 Å². The minimum atomic E-state index is -0.518. The fraction of sp³-hybridized carbons (Fsp3) is 0.273. The van der Waals surface area contributed by atoms with Gasteiger partial charge in [0.05, 0.1) is 5.69 Å². The SMILES string of the molecule is C[C@H]1Oc2ccc(NC(=O)CCCc3nc(-c4ccccc4)no3)cc2N(C)C1=O. The number of nitrogens with zero attached hydrogens (tertiary/aromatic N) is 3. The Morgan fingerprint density at radius 2 is 2.00 bits per heavy atom. The van der Waals surface area contributed by atoms with Crippen LogP contribution in [0.2, 0.25) is 0 Å². The zero-order valence-corrected chi connectivity index (χ0v) is 16.8. The van der Waals surface area contributed by atoms with Crippen LogP contribution in [-0.2, 0) is 16.0 Å². The van der Waals surface area contributed by atoms with Gasteiger partial charge in [0.1, 0.15) is 5.75 Å². The highest BCUT2D eigenvalue weighted by Crippen LogP contribution is 2.35. The Bertz CT molecular complexity index is 1060. The number of carbonyl (C=O) groups excluding carboxylic acids is 2. The Morgan fingerprint density at radius 3 is 2.80 bits per heavy atom. The van der Waals surface area contributed by atoms with Gasteiger partial charge in [-0.3, -0.25) is 9.59 Å². The van der Waals surface area contributed by atoms with Crippen LogP contribution < -0.4 is 15.0 Å². The summed E-state index contributed by atoms with van der Waals surface area (Å²) in [7, 11) is 1.69. The maximum Gasteiger partial charge on any atom is 0.267 e. The number of aromatic nitrogens is 2. The van der Waals surface area contributed by atoms with Crippen molar-refractivity contribution in [2.45, 2.75) is 32.3 Å². The molecule has 0 unspecified atom stereocenters. The second-order valence-corrected chi connectivity index (χ2v) is 7.12. The minimum Gasteiger partial charge on any atom is -0.479 e. The van der Waals surface area contributed by atoms with E-state index in [0.29, 0.717) is 48.1 Å². The first-order valence-electron chi connectivity index (χ1n) is 9.77. The van der Waals surface area contributed by atoms with Gasteiger partial charge in [-0.1, -0.05) is 35.5 Å². The topological polar surface area (TPSA) is 97.6 Å². The number of benzene rings is 2. The number of likely N-dealkylation sites (N-methyl/N-ethyl adjacent to an activating group) is 1. The zero-order valence-electron chi connectivity index (χ0n) is 16.8. The maximum atomic E-state index is 12.3. The molecule has 0 saturated heterocycles. The molecule has 8 nitrogen and oxygen atoms in total. The molecule has 1 aliphatic rings. The summed E-state index contributed by atoms with van der Waals surface area (Å²) in [5, 5.41) is 6.84. The lowest BCUT2D eigenvalue weighted by molar-refractivity contribution is -0.125. The summed E-state index contributed by atoms with van der Waals surface area (Å²) < 4.78 is 10.9. The molecule has 1 N–H and O–H groups in total. The molecule has 2 aromatic carbocycles. The number of anilines is 2. The molecule has 2 heterocycles. The third-order valence-electron chi connectivity index (χ3n) is 4.88. The van der Waals surface area contributed by atoms with E-state index in [1.165, 1.54) is 0 Å². The van der Waals surface area contributed by atoms with E-state index in [9.17, 15) is 9.59 Å². The summed E-state index contributed by atoms with van der Waals surface area (Å²) in [5.74, 6) is 1.41. The van der Waals surface area contributed by atoms with Crippen molar-refractivity contribution in [3.05, 3.63) is 54.4 Å². The second-order valence-electron chi connectivity index (χ2n) is 7.12. The fourth-order valence-corrected chi connectivity index (χ4v) is 3.27. The molecule has 0 bridgehead atoms. The predicted octanol–water partition coefficient (Wildman–Crippen LogP) is 3.44. The molecule has 154 valence electrons. The van der Waals surface area contributed by atoms with Crippen molar-refractivity contribution in [3.8, 4) is 17.1 Å². The number of hydrogen-bond donors (Lipinski definition) is 1. The Labute approximate surface area is 173 Å². The summed E-state index contributed by atoms with van der Waals surface area (Å²) in [5.41, 5.74) is 2.13. The third kappa shape index (κ3) is 4.17. The monoisotopic (exact) mass is 406 g/mol. The first-order chi connectivity index (χ1) is 14.5. The molecule has 4 rings (SSSR count). The maximum absolute atomic E-state index is 12.3. The summed E-state index contributed by atoms with van der Waals surface area (Å²) in [4.78, 5) is 30.3. The molecule has 0 radical (unpaired) electrons. The van der Waals surface area contributed by atoms with Crippen molar-refractivity contribution in [1.82, 2.24) is 10.1 Å². The molecule has 8 heteroatoms. The highest BCUT2D eigenvalue weighted by Gasteiger charge is 2.29. The molecule has 1 aromatic heterocycles. The van der Waals surface area contributed by atoms with Gasteiger partial charge in [0, 0.05) is 31.1 Å². The molecule has 1 aliphatic heterocycles. The average Bonchev–Trinajstić information content (AvgIpc) is 3.22. The van der Waals surface area contributed by atoms with Gasteiger partial charge in [0.15, 0.2) is 6.10 Å². The second kappa shape index (κ2) is 8.36. The quantitative estimate of drug-likeness (QED) is 0.673. The molecular weight excluding hydrogens is 384 g/mol. The van der Waals surface area contributed by atoms with Crippen molar-refractivity contribution >= 4 is 23.2 Å². The van der Waals surface area contributed by atoms with Gasteiger partial charge in [-0.15, -0.1) is 0 Å². The van der Waals surface area contributed by atoms with Crippen LogP contribution in [0.3, 0.4) is 0 Å². The molecule has 30 heavy (non-hydrogen) atoms. The lowest BCUT2D eigenvalue weighted by atomic mass is 10.1. The van der Waals surface area contributed by atoms with Gasteiger partial charge >= 0.3 is 0 Å². The van der Waals surface area contributed by atoms with Crippen molar-refractivity contribution in [1.29, 1.82) is 0 Å². The summed E-state index contributed by atoms with van der Waals surface area (Å²) >= 11 is 0. The van der Waals surface area contributed by atoms with Gasteiger partial charge in [-0.05, 0) is 31.5 Å². The standard InChI is InChI=1S/C22H22N4O4/c1-14-22(28)26(2)17-13-16(11-12-18(17)29-14)23-19(27)9-6-10-20-24-21(25-30-20)15-7-4-3-5-8-15/h3-5,7-8,11-14H,6,9-10H2,1-2H3,(H,23,27)/t14-/m1/s1. The number of ether oxygens (including phenoxy) is 1. The average molecular weight is 406 g/mol. The van der Waals surface area contributed by atoms with Crippen LogP contribution in [-0.4, -0.2) is 35.1 Å². The van der Waals surface area contributed by atoms with Gasteiger partial charge < -0.3 is 19.5 Å². The largest absolute Gasteiger partial charge is 0.479 e. The first kappa shape index (κ1) is 19.6. The smallest absolute Gasteiger partial charge is 0.267 e. The first-order valence-corrected chi connectivity index (χ1v) is 9.77. The van der Waals surface area contributed by atoms with Crippen LogP contribution >= 0.6 is 0 Å².